The highest BCUT2D eigenvalue weighted by atomic mass is 79.9. The Balaban J connectivity index is 2.87. The van der Waals surface area contributed by atoms with Crippen molar-refractivity contribution >= 4 is 21.6 Å². The van der Waals surface area contributed by atoms with Crippen molar-refractivity contribution in [2.24, 2.45) is 5.92 Å². The predicted octanol–water partition coefficient (Wildman–Crippen LogP) is 4.20. The van der Waals surface area contributed by atoms with Crippen LogP contribution in [0.25, 0.3) is 0 Å². The van der Waals surface area contributed by atoms with Gasteiger partial charge in [-0.05, 0) is 46.5 Å². The standard InChI is InChI=1S/C15H24BrNO/c1-4-12(5-2)10-17(6-3)15-8-7-13(11-18)9-14(15)16/h7-9,12,18H,4-6,10-11H2,1-3H3. The van der Waals surface area contributed by atoms with Crippen LogP contribution in [0.5, 0.6) is 0 Å². The quantitative estimate of drug-likeness (QED) is 0.815. The summed E-state index contributed by atoms with van der Waals surface area (Å²) in [6.07, 6.45) is 2.44. The summed E-state index contributed by atoms with van der Waals surface area (Å²) in [6, 6.07) is 6.10. The van der Waals surface area contributed by atoms with Crippen molar-refractivity contribution in [2.75, 3.05) is 18.0 Å². The fourth-order valence-electron chi connectivity index (χ4n) is 2.16. The number of hydrogen-bond donors (Lipinski definition) is 1. The van der Waals surface area contributed by atoms with E-state index in [1.807, 2.05) is 12.1 Å². The number of nitrogens with zero attached hydrogens (tertiary/aromatic N) is 1. The van der Waals surface area contributed by atoms with Gasteiger partial charge < -0.3 is 10.0 Å². The number of aliphatic hydroxyl groups excluding tert-OH is 1. The summed E-state index contributed by atoms with van der Waals surface area (Å²) in [7, 11) is 0. The first kappa shape index (κ1) is 15.5. The molecule has 18 heavy (non-hydrogen) atoms. The van der Waals surface area contributed by atoms with Crippen molar-refractivity contribution in [2.45, 2.75) is 40.2 Å². The average Bonchev–Trinajstić information content (AvgIpc) is 2.41. The molecule has 0 saturated carbocycles. The summed E-state index contributed by atoms with van der Waals surface area (Å²) >= 11 is 3.61. The van der Waals surface area contributed by atoms with Gasteiger partial charge in [0.1, 0.15) is 0 Å². The lowest BCUT2D eigenvalue weighted by atomic mass is 10.0. The van der Waals surface area contributed by atoms with Gasteiger partial charge in [0.2, 0.25) is 0 Å². The van der Waals surface area contributed by atoms with Crippen molar-refractivity contribution < 1.29 is 5.11 Å². The third-order valence-electron chi connectivity index (χ3n) is 3.55. The Morgan fingerprint density at radius 3 is 2.33 bits per heavy atom. The zero-order valence-corrected chi connectivity index (χ0v) is 13.2. The molecule has 0 aliphatic carbocycles. The van der Waals surface area contributed by atoms with Crippen LogP contribution in [0, 0.1) is 5.92 Å². The summed E-state index contributed by atoms with van der Waals surface area (Å²) in [5.41, 5.74) is 2.17. The fourth-order valence-corrected chi connectivity index (χ4v) is 2.84. The Kier molecular flexibility index (Phi) is 6.72. The number of benzene rings is 1. The minimum Gasteiger partial charge on any atom is -0.392 e. The molecule has 0 fully saturated rings. The van der Waals surface area contributed by atoms with E-state index in [1.165, 1.54) is 18.5 Å². The van der Waals surface area contributed by atoms with Gasteiger partial charge in [-0.15, -0.1) is 0 Å². The van der Waals surface area contributed by atoms with Gasteiger partial charge >= 0.3 is 0 Å². The molecule has 1 aromatic carbocycles. The molecular formula is C15H24BrNO. The van der Waals surface area contributed by atoms with E-state index in [4.69, 9.17) is 5.11 Å². The molecule has 0 amide bonds. The van der Waals surface area contributed by atoms with Crippen molar-refractivity contribution in [1.29, 1.82) is 0 Å². The van der Waals surface area contributed by atoms with E-state index >= 15 is 0 Å². The minimum atomic E-state index is 0.0948. The van der Waals surface area contributed by atoms with Crippen LogP contribution in [0.2, 0.25) is 0 Å². The lowest BCUT2D eigenvalue weighted by molar-refractivity contribution is 0.282. The largest absolute Gasteiger partial charge is 0.392 e. The van der Waals surface area contributed by atoms with Crippen LogP contribution >= 0.6 is 15.9 Å². The highest BCUT2D eigenvalue weighted by Gasteiger charge is 2.13. The van der Waals surface area contributed by atoms with Gasteiger partial charge in [-0.1, -0.05) is 32.8 Å². The Bertz CT molecular complexity index is 364. The van der Waals surface area contributed by atoms with Gasteiger partial charge in [0.05, 0.1) is 12.3 Å². The molecule has 102 valence electrons. The van der Waals surface area contributed by atoms with Crippen LogP contribution in [0.3, 0.4) is 0 Å². The van der Waals surface area contributed by atoms with Gasteiger partial charge in [-0.2, -0.15) is 0 Å². The molecule has 0 spiro atoms. The second-order valence-corrected chi connectivity index (χ2v) is 5.52. The van der Waals surface area contributed by atoms with Crippen LogP contribution in [-0.2, 0) is 6.61 Å². The van der Waals surface area contributed by atoms with Crippen LogP contribution < -0.4 is 4.90 Å². The number of halogens is 1. The smallest absolute Gasteiger partial charge is 0.0682 e. The third kappa shape index (κ3) is 3.99. The highest BCUT2D eigenvalue weighted by molar-refractivity contribution is 9.10. The van der Waals surface area contributed by atoms with Gasteiger partial charge in [-0.25, -0.2) is 0 Å². The van der Waals surface area contributed by atoms with Gasteiger partial charge in [0.25, 0.3) is 0 Å². The first-order valence-corrected chi connectivity index (χ1v) is 7.59. The van der Waals surface area contributed by atoms with E-state index in [9.17, 15) is 0 Å². The summed E-state index contributed by atoms with van der Waals surface area (Å²) in [5, 5.41) is 9.14. The molecule has 0 heterocycles. The van der Waals surface area contributed by atoms with Crippen LogP contribution in [0.15, 0.2) is 22.7 Å². The zero-order chi connectivity index (χ0) is 13.5. The maximum absolute atomic E-state index is 9.14. The van der Waals surface area contributed by atoms with Crippen LogP contribution in [0.4, 0.5) is 5.69 Å². The molecule has 0 saturated heterocycles. The number of hydrogen-bond acceptors (Lipinski definition) is 2. The summed E-state index contributed by atoms with van der Waals surface area (Å²) in [5.74, 6) is 0.745. The van der Waals surface area contributed by atoms with Crippen LogP contribution in [0.1, 0.15) is 39.2 Å². The normalized spacial score (nSPS) is 11.0. The SMILES string of the molecule is CCC(CC)CN(CC)c1ccc(CO)cc1Br. The molecule has 0 radical (unpaired) electrons. The Hall–Kier alpha value is -0.540. The molecule has 0 aromatic heterocycles. The molecule has 0 unspecified atom stereocenters. The average molecular weight is 314 g/mol. The Labute approximate surface area is 119 Å². The molecule has 2 nitrogen and oxygen atoms in total. The van der Waals surface area contributed by atoms with E-state index in [0.29, 0.717) is 0 Å². The van der Waals surface area contributed by atoms with E-state index in [0.717, 1.165) is 29.0 Å². The third-order valence-corrected chi connectivity index (χ3v) is 4.19. The number of anilines is 1. The molecular weight excluding hydrogens is 290 g/mol. The molecule has 0 aliphatic rings. The first-order valence-electron chi connectivity index (χ1n) is 6.80. The van der Waals surface area contributed by atoms with Crippen LogP contribution in [-0.4, -0.2) is 18.2 Å². The lowest BCUT2D eigenvalue weighted by Crippen LogP contribution is -2.29. The van der Waals surface area contributed by atoms with E-state index < -0.39 is 0 Å². The fraction of sp³-hybridized carbons (Fsp3) is 0.600. The summed E-state index contributed by atoms with van der Waals surface area (Å²) in [6.45, 7) is 8.90. The van der Waals surface area contributed by atoms with Gasteiger partial charge in [0.15, 0.2) is 0 Å². The Morgan fingerprint density at radius 1 is 1.22 bits per heavy atom. The predicted molar refractivity (Wildman–Crippen MR) is 82.0 cm³/mol. The molecule has 1 rings (SSSR count). The number of rotatable bonds is 7. The molecule has 1 aromatic rings. The van der Waals surface area contributed by atoms with Crippen molar-refractivity contribution in [1.82, 2.24) is 0 Å². The lowest BCUT2D eigenvalue weighted by Gasteiger charge is -2.28. The molecule has 3 heteroatoms. The number of aliphatic hydroxyl groups is 1. The van der Waals surface area contributed by atoms with E-state index in [1.54, 1.807) is 0 Å². The molecule has 0 aliphatic heterocycles. The highest BCUT2D eigenvalue weighted by Crippen LogP contribution is 2.28. The first-order chi connectivity index (χ1) is 8.65. The summed E-state index contributed by atoms with van der Waals surface area (Å²) < 4.78 is 1.07. The maximum atomic E-state index is 9.14. The monoisotopic (exact) mass is 313 g/mol. The second kappa shape index (κ2) is 7.80. The molecule has 0 atom stereocenters. The van der Waals surface area contributed by atoms with Crippen molar-refractivity contribution in [3.05, 3.63) is 28.2 Å². The zero-order valence-electron chi connectivity index (χ0n) is 11.6. The minimum absolute atomic E-state index is 0.0948. The van der Waals surface area contributed by atoms with E-state index in [-0.39, 0.29) is 6.61 Å². The summed E-state index contributed by atoms with van der Waals surface area (Å²) in [4.78, 5) is 2.41. The molecule has 1 N–H and O–H groups in total. The van der Waals surface area contributed by atoms with E-state index in [2.05, 4.69) is 47.7 Å². The molecule has 0 bridgehead atoms. The topological polar surface area (TPSA) is 23.5 Å². The Morgan fingerprint density at radius 2 is 1.89 bits per heavy atom. The maximum Gasteiger partial charge on any atom is 0.0682 e. The van der Waals surface area contributed by atoms with Crippen molar-refractivity contribution in [3.63, 3.8) is 0 Å². The van der Waals surface area contributed by atoms with Crippen molar-refractivity contribution in [3.8, 4) is 0 Å². The van der Waals surface area contributed by atoms with Gasteiger partial charge in [-0.3, -0.25) is 0 Å². The van der Waals surface area contributed by atoms with Gasteiger partial charge in [0, 0.05) is 17.6 Å². The second-order valence-electron chi connectivity index (χ2n) is 4.67.